The monoisotopic (exact) mass is 880 g/mol. The van der Waals surface area contributed by atoms with Crippen molar-refractivity contribution < 1.29 is 0 Å². The van der Waals surface area contributed by atoms with Crippen LogP contribution < -0.4 is 0 Å². The molecule has 4 aromatic heterocycles. The lowest BCUT2D eigenvalue weighted by Crippen LogP contribution is -2.07. The molecule has 0 aliphatic heterocycles. The molecule has 14 aromatic rings. The van der Waals surface area contributed by atoms with Gasteiger partial charge < -0.3 is 9.13 Å². The molecule has 0 radical (unpaired) electrons. The van der Waals surface area contributed by atoms with E-state index in [1.807, 2.05) is 18.2 Å². The Balaban J connectivity index is 1.07. The number of hydrogen-bond acceptors (Lipinski definition) is 3. The molecule has 0 amide bonds. The Morgan fingerprint density at radius 3 is 1.43 bits per heavy atom. The first kappa shape index (κ1) is 38.8. The minimum absolute atomic E-state index is 0.545. The Morgan fingerprint density at radius 1 is 0.261 bits per heavy atom. The molecule has 0 atom stereocenters. The van der Waals surface area contributed by atoms with Gasteiger partial charge in [-0.25, -0.2) is 4.98 Å². The van der Waals surface area contributed by atoms with Gasteiger partial charge in [0.25, 0.3) is 0 Å². The molecule has 0 fully saturated rings. The second-order valence-electron chi connectivity index (χ2n) is 17.6. The van der Waals surface area contributed by atoms with Crippen LogP contribution >= 0.6 is 0 Å². The summed E-state index contributed by atoms with van der Waals surface area (Å²) in [6, 6.07) is 86.3. The summed E-state index contributed by atoms with van der Waals surface area (Å²) in [6.45, 7) is 0. The third-order valence-corrected chi connectivity index (χ3v) is 13.7. The quantitative estimate of drug-likeness (QED) is 0.160. The van der Waals surface area contributed by atoms with Gasteiger partial charge in [-0.15, -0.1) is 0 Å². The van der Waals surface area contributed by atoms with Gasteiger partial charge in [-0.3, -0.25) is 4.57 Å². The lowest BCUT2D eigenvalue weighted by molar-refractivity contribution is 0.953. The molecule has 14 rings (SSSR count). The normalized spacial score (nSPS) is 11.8. The molecule has 6 nitrogen and oxygen atoms in total. The number of aromatic nitrogens is 6. The van der Waals surface area contributed by atoms with Crippen LogP contribution in [0.3, 0.4) is 0 Å². The smallest absolute Gasteiger partial charge is 0.238 e. The van der Waals surface area contributed by atoms with Crippen LogP contribution in [0.4, 0.5) is 0 Å². The van der Waals surface area contributed by atoms with Crippen molar-refractivity contribution in [3.8, 4) is 62.4 Å². The van der Waals surface area contributed by atoms with Gasteiger partial charge in [0.1, 0.15) is 0 Å². The maximum Gasteiger partial charge on any atom is 0.238 e. The highest BCUT2D eigenvalue weighted by Gasteiger charge is 2.24. The maximum atomic E-state index is 5.54. The van der Waals surface area contributed by atoms with E-state index in [2.05, 4.69) is 238 Å². The first-order valence-electron chi connectivity index (χ1n) is 23.4. The first-order valence-corrected chi connectivity index (χ1v) is 23.4. The van der Waals surface area contributed by atoms with Crippen LogP contribution in [0, 0.1) is 0 Å². The summed E-state index contributed by atoms with van der Waals surface area (Å²) in [5.41, 5.74) is 15.1. The maximum absolute atomic E-state index is 5.54. The third kappa shape index (κ3) is 6.16. The summed E-state index contributed by atoms with van der Waals surface area (Å²) in [6.07, 6.45) is 0. The molecular formula is C63H40N6. The van der Waals surface area contributed by atoms with Crippen molar-refractivity contribution in [2.45, 2.75) is 0 Å². The molecule has 0 saturated heterocycles. The van der Waals surface area contributed by atoms with Gasteiger partial charge in [0.05, 0.1) is 38.8 Å². The highest BCUT2D eigenvalue weighted by Crippen LogP contribution is 2.43. The molecule has 0 aliphatic carbocycles. The molecule has 10 aromatic carbocycles. The van der Waals surface area contributed by atoms with Gasteiger partial charge in [-0.1, -0.05) is 182 Å². The largest absolute Gasteiger partial charge is 0.309 e. The van der Waals surface area contributed by atoms with Crippen LogP contribution in [0.2, 0.25) is 0 Å². The zero-order valence-corrected chi connectivity index (χ0v) is 37.3. The Morgan fingerprint density at radius 2 is 0.768 bits per heavy atom. The number of para-hydroxylation sites is 5. The Bertz CT molecular complexity index is 4280. The summed E-state index contributed by atoms with van der Waals surface area (Å²) < 4.78 is 7.03. The van der Waals surface area contributed by atoms with Gasteiger partial charge >= 0.3 is 0 Å². The zero-order valence-electron chi connectivity index (χ0n) is 37.3. The number of hydrogen-bond donors (Lipinski definition) is 0. The molecule has 0 saturated carbocycles. The highest BCUT2D eigenvalue weighted by atomic mass is 15.2. The van der Waals surface area contributed by atoms with E-state index in [0.717, 1.165) is 82.9 Å². The molecule has 69 heavy (non-hydrogen) atoms. The fourth-order valence-corrected chi connectivity index (χ4v) is 10.6. The molecule has 0 N–H and O–H groups in total. The highest BCUT2D eigenvalue weighted by molar-refractivity contribution is 6.19. The number of rotatable bonds is 7. The number of nitrogens with zero attached hydrogens (tertiary/aromatic N) is 6. The van der Waals surface area contributed by atoms with Gasteiger partial charge in [-0.05, 0) is 77.4 Å². The van der Waals surface area contributed by atoms with Crippen molar-refractivity contribution in [1.82, 2.24) is 28.7 Å². The van der Waals surface area contributed by atoms with Crippen LogP contribution in [-0.4, -0.2) is 28.7 Å². The SMILES string of the molecule is c1ccc(-c2ccc(-n3c4ccccc4c4cc5c6ccccc6n(-c6nc(-c7ccccc7)nc(-c7cccc8c9ccccc9n(-c9ccccc9)c78)n6)c5cc43)c(-c3ccccc3)c2)cc1. The number of benzene rings is 10. The summed E-state index contributed by atoms with van der Waals surface area (Å²) in [5.74, 6) is 1.74. The van der Waals surface area contributed by atoms with Gasteiger partial charge in [0, 0.05) is 54.7 Å². The number of fused-ring (bicyclic) bond motifs is 9. The van der Waals surface area contributed by atoms with Crippen LogP contribution in [0.5, 0.6) is 0 Å². The van der Waals surface area contributed by atoms with Crippen molar-refractivity contribution in [2.75, 3.05) is 0 Å². The van der Waals surface area contributed by atoms with E-state index in [1.54, 1.807) is 0 Å². The van der Waals surface area contributed by atoms with Crippen molar-refractivity contribution in [2.24, 2.45) is 0 Å². The summed E-state index contributed by atoms with van der Waals surface area (Å²) in [5, 5.41) is 6.91. The van der Waals surface area contributed by atoms with Crippen molar-refractivity contribution >= 4 is 65.4 Å². The molecular weight excluding hydrogens is 841 g/mol. The van der Waals surface area contributed by atoms with E-state index in [4.69, 9.17) is 15.0 Å². The third-order valence-electron chi connectivity index (χ3n) is 13.7. The van der Waals surface area contributed by atoms with Crippen molar-refractivity contribution in [3.05, 3.63) is 243 Å². The molecule has 0 bridgehead atoms. The van der Waals surface area contributed by atoms with E-state index < -0.39 is 0 Å². The summed E-state index contributed by atoms with van der Waals surface area (Å²) in [7, 11) is 0. The van der Waals surface area contributed by atoms with E-state index in [1.165, 1.54) is 27.3 Å². The molecule has 0 spiro atoms. The van der Waals surface area contributed by atoms with E-state index in [9.17, 15) is 0 Å². The molecule has 6 heteroatoms. The standard InChI is InChI=1S/C63H40N6/c1-5-20-41(21-6-1)44-36-37-57(51(38-44)42-22-7-2-8-23-42)68-55-34-17-14-29-47(55)52-39-53-48-30-15-18-35-56(48)69(59(53)40-58(52)68)63-65-61(43-24-9-3-10-25-43)64-62(66-63)50-32-19-31-49-46-28-13-16-33-54(46)67(60(49)50)45-26-11-4-12-27-45/h1-40H. The average molecular weight is 881 g/mol. The van der Waals surface area contributed by atoms with Crippen molar-refractivity contribution in [3.63, 3.8) is 0 Å². The predicted molar refractivity (Wildman–Crippen MR) is 285 cm³/mol. The lowest BCUT2D eigenvalue weighted by atomic mass is 9.97. The van der Waals surface area contributed by atoms with Crippen LogP contribution in [0.1, 0.15) is 0 Å². The van der Waals surface area contributed by atoms with E-state index in [-0.39, 0.29) is 0 Å². The Kier molecular flexibility index (Phi) is 8.79. The molecule has 0 aliphatic rings. The average Bonchev–Trinajstić information content (AvgIpc) is 4.06. The van der Waals surface area contributed by atoms with Crippen LogP contribution in [0.25, 0.3) is 128 Å². The summed E-state index contributed by atoms with van der Waals surface area (Å²) >= 11 is 0. The van der Waals surface area contributed by atoms with Crippen molar-refractivity contribution in [1.29, 1.82) is 0 Å². The second kappa shape index (κ2) is 15.6. The van der Waals surface area contributed by atoms with Crippen LogP contribution in [-0.2, 0) is 0 Å². The zero-order chi connectivity index (χ0) is 45.4. The fourth-order valence-electron chi connectivity index (χ4n) is 10.6. The summed E-state index contributed by atoms with van der Waals surface area (Å²) in [4.78, 5) is 16.3. The molecule has 322 valence electrons. The minimum Gasteiger partial charge on any atom is -0.309 e. The predicted octanol–water partition coefficient (Wildman–Crippen LogP) is 15.8. The van der Waals surface area contributed by atoms with E-state index in [0.29, 0.717) is 17.6 Å². The lowest BCUT2D eigenvalue weighted by Gasteiger charge is -2.16. The van der Waals surface area contributed by atoms with Gasteiger partial charge in [0.2, 0.25) is 5.95 Å². The topological polar surface area (TPSA) is 53.5 Å². The van der Waals surface area contributed by atoms with Gasteiger partial charge in [0.15, 0.2) is 11.6 Å². The Hall–Kier alpha value is -9.39. The Labute approximate surface area is 397 Å². The first-order chi connectivity index (χ1) is 34.2. The molecule has 4 heterocycles. The minimum atomic E-state index is 0.545. The molecule has 0 unspecified atom stereocenters. The van der Waals surface area contributed by atoms with Crippen LogP contribution in [0.15, 0.2) is 243 Å². The van der Waals surface area contributed by atoms with Gasteiger partial charge in [-0.2, -0.15) is 9.97 Å². The van der Waals surface area contributed by atoms with E-state index >= 15 is 0 Å². The fraction of sp³-hybridized carbons (Fsp3) is 0. The second-order valence-corrected chi connectivity index (χ2v) is 17.6.